The largest absolute Gasteiger partial charge is 0.413 e. The molecular formula is C28H43NO5Si. The summed E-state index contributed by atoms with van der Waals surface area (Å²) in [5.41, 5.74) is 3.61. The van der Waals surface area contributed by atoms with Crippen LogP contribution in [-0.4, -0.2) is 54.6 Å². The Morgan fingerprint density at radius 2 is 1.57 bits per heavy atom. The van der Waals surface area contributed by atoms with Crippen LogP contribution in [0.3, 0.4) is 0 Å². The Morgan fingerprint density at radius 3 is 2.09 bits per heavy atom. The quantitative estimate of drug-likeness (QED) is 0.276. The molecule has 0 saturated carbocycles. The van der Waals surface area contributed by atoms with Gasteiger partial charge in [0, 0.05) is 5.92 Å². The molecule has 35 heavy (non-hydrogen) atoms. The lowest BCUT2D eigenvalue weighted by Gasteiger charge is -2.43. The van der Waals surface area contributed by atoms with Crippen molar-refractivity contribution in [2.75, 3.05) is 13.2 Å². The van der Waals surface area contributed by atoms with E-state index in [1.165, 1.54) is 4.90 Å². The topological polar surface area (TPSA) is 87.1 Å². The van der Waals surface area contributed by atoms with E-state index >= 15 is 0 Å². The highest BCUT2D eigenvalue weighted by atomic mass is 28.4. The molecule has 1 unspecified atom stereocenters. The molecule has 2 amide bonds. The third-order valence-electron chi connectivity index (χ3n) is 8.36. The Bertz CT molecular complexity index is 920. The molecule has 0 aromatic heterocycles. The summed E-state index contributed by atoms with van der Waals surface area (Å²) in [4.78, 5) is 28.0. The lowest BCUT2D eigenvalue weighted by Crippen LogP contribution is -2.50. The van der Waals surface area contributed by atoms with Gasteiger partial charge in [-0.1, -0.05) is 77.4 Å². The normalized spacial score (nSPS) is 24.2. The Balaban J connectivity index is 1.84. The highest BCUT2D eigenvalue weighted by Gasteiger charge is 2.54. The van der Waals surface area contributed by atoms with Crippen molar-refractivity contribution in [3.63, 3.8) is 0 Å². The zero-order valence-electron chi connectivity index (χ0n) is 22.3. The number of hydrogen-bond acceptors (Lipinski definition) is 5. The van der Waals surface area contributed by atoms with Gasteiger partial charge in [-0.05, 0) is 41.1 Å². The summed E-state index contributed by atoms with van der Waals surface area (Å²) in [5, 5.41) is 21.7. The van der Waals surface area contributed by atoms with Gasteiger partial charge < -0.3 is 14.6 Å². The van der Waals surface area contributed by atoms with Gasteiger partial charge in [0.1, 0.15) is 0 Å². The minimum Gasteiger partial charge on any atom is -0.413 e. The van der Waals surface area contributed by atoms with E-state index in [0.29, 0.717) is 28.6 Å². The molecule has 1 aliphatic carbocycles. The van der Waals surface area contributed by atoms with Crippen LogP contribution < -0.4 is 0 Å². The smallest absolute Gasteiger partial charge is 0.234 e. The number of carbonyl (C=O) groups is 2. The van der Waals surface area contributed by atoms with Crippen LogP contribution in [0.2, 0.25) is 16.6 Å². The Morgan fingerprint density at radius 1 is 1.00 bits per heavy atom. The van der Waals surface area contributed by atoms with Crippen molar-refractivity contribution in [3.8, 4) is 0 Å². The van der Waals surface area contributed by atoms with Crippen molar-refractivity contribution < 1.29 is 24.2 Å². The summed E-state index contributed by atoms with van der Waals surface area (Å²) in [5.74, 6) is -2.16. The van der Waals surface area contributed by atoms with E-state index in [1.807, 2.05) is 37.3 Å². The molecule has 2 N–H and O–H groups in total. The average molecular weight is 502 g/mol. The van der Waals surface area contributed by atoms with Gasteiger partial charge in [-0.25, -0.2) is 0 Å². The molecule has 0 spiro atoms. The number of carbonyl (C=O) groups excluding carboxylic acids is 2. The molecule has 1 heterocycles. The number of aliphatic hydroxyl groups is 2. The SMILES string of the molecule is CC1=C(C(O)CO[Si](C(C)C)(C(C)C)C(C)C)[C@H](CO)[C@@H]2C(=O)N(Cc3ccccc3)C(=O)[C@@H]2C1. The average Bonchev–Trinajstić information content (AvgIpc) is 3.02. The molecule has 3 rings (SSSR count). The molecule has 1 aromatic rings. The van der Waals surface area contributed by atoms with Crippen LogP contribution in [0.5, 0.6) is 0 Å². The van der Waals surface area contributed by atoms with Crippen molar-refractivity contribution in [1.82, 2.24) is 4.90 Å². The predicted molar refractivity (Wildman–Crippen MR) is 140 cm³/mol. The number of fused-ring (bicyclic) bond motifs is 1. The summed E-state index contributed by atoms with van der Waals surface area (Å²) in [6.07, 6.45) is -0.493. The second-order valence-corrected chi connectivity index (χ2v) is 16.7. The second kappa shape index (κ2) is 11.1. The summed E-state index contributed by atoms with van der Waals surface area (Å²) >= 11 is 0. The number of allylic oxidation sites excluding steroid dienone is 1. The van der Waals surface area contributed by atoms with Gasteiger partial charge >= 0.3 is 0 Å². The highest BCUT2D eigenvalue weighted by Crippen LogP contribution is 2.47. The monoisotopic (exact) mass is 501 g/mol. The zero-order chi connectivity index (χ0) is 26.1. The number of rotatable bonds is 10. The summed E-state index contributed by atoms with van der Waals surface area (Å²) in [6.45, 7) is 15.2. The first-order chi connectivity index (χ1) is 16.5. The number of nitrogens with zero attached hydrogens (tertiary/aromatic N) is 1. The summed E-state index contributed by atoms with van der Waals surface area (Å²) < 4.78 is 6.64. The molecule has 0 bridgehead atoms. The first-order valence-corrected chi connectivity index (χ1v) is 15.1. The lowest BCUT2D eigenvalue weighted by atomic mass is 9.69. The van der Waals surface area contributed by atoms with Crippen LogP contribution in [0.25, 0.3) is 0 Å². The second-order valence-electron chi connectivity index (χ2n) is 11.3. The molecule has 4 atom stereocenters. The Kier molecular flexibility index (Phi) is 8.79. The van der Waals surface area contributed by atoms with Crippen LogP contribution in [-0.2, 0) is 20.6 Å². The number of aliphatic hydroxyl groups excluding tert-OH is 2. The molecular weight excluding hydrogens is 458 g/mol. The van der Waals surface area contributed by atoms with Crippen molar-refractivity contribution in [2.45, 2.75) is 84.2 Å². The first-order valence-electron chi connectivity index (χ1n) is 13.0. The summed E-state index contributed by atoms with van der Waals surface area (Å²) in [6, 6.07) is 9.47. The van der Waals surface area contributed by atoms with E-state index in [9.17, 15) is 19.8 Å². The van der Waals surface area contributed by atoms with Crippen molar-refractivity contribution >= 4 is 20.1 Å². The standard InChI is InChI=1S/C28H43NO5Si/c1-17(2)35(18(3)4,19(5)6)34-16-24(31)25-20(7)13-22-26(23(25)15-30)28(33)29(27(22)32)14-21-11-9-8-10-12-21/h8-12,17-19,22-24,26,30-31H,13-16H2,1-7H3/t22-,23+,24?,26-/m1/s1. The molecule has 0 radical (unpaired) electrons. The number of likely N-dealkylation sites (tertiary alicyclic amines) is 1. The van der Waals surface area contributed by atoms with Crippen molar-refractivity contribution in [2.24, 2.45) is 17.8 Å². The van der Waals surface area contributed by atoms with E-state index in [0.717, 1.165) is 11.1 Å². The molecule has 194 valence electrons. The van der Waals surface area contributed by atoms with Gasteiger partial charge in [-0.15, -0.1) is 0 Å². The number of amides is 2. The van der Waals surface area contributed by atoms with Crippen LogP contribution in [0.15, 0.2) is 41.5 Å². The van der Waals surface area contributed by atoms with Crippen LogP contribution in [0.4, 0.5) is 0 Å². The third kappa shape index (κ3) is 5.06. The first kappa shape index (κ1) is 27.8. The maximum Gasteiger partial charge on any atom is 0.234 e. The maximum absolute atomic E-state index is 13.4. The number of imide groups is 1. The Labute approximate surface area is 211 Å². The molecule has 1 aromatic carbocycles. The number of benzene rings is 1. The van der Waals surface area contributed by atoms with Gasteiger partial charge in [0.05, 0.1) is 37.7 Å². The van der Waals surface area contributed by atoms with E-state index < -0.39 is 32.2 Å². The molecule has 6 nitrogen and oxygen atoms in total. The van der Waals surface area contributed by atoms with E-state index in [1.54, 1.807) is 0 Å². The molecule has 1 fully saturated rings. The fraction of sp³-hybridized carbons (Fsp3) is 0.643. The van der Waals surface area contributed by atoms with E-state index in [2.05, 4.69) is 41.5 Å². The molecule has 7 heteroatoms. The zero-order valence-corrected chi connectivity index (χ0v) is 23.3. The van der Waals surface area contributed by atoms with Crippen LogP contribution in [0.1, 0.15) is 60.5 Å². The van der Waals surface area contributed by atoms with Crippen LogP contribution >= 0.6 is 0 Å². The van der Waals surface area contributed by atoms with Crippen molar-refractivity contribution in [1.29, 1.82) is 0 Å². The predicted octanol–water partition coefficient (Wildman–Crippen LogP) is 4.67. The van der Waals surface area contributed by atoms with Gasteiger partial charge in [-0.2, -0.15) is 0 Å². The van der Waals surface area contributed by atoms with Crippen LogP contribution in [0, 0.1) is 17.8 Å². The van der Waals surface area contributed by atoms with Gasteiger partial charge in [0.15, 0.2) is 8.32 Å². The number of hydrogen-bond donors (Lipinski definition) is 2. The third-order valence-corrected chi connectivity index (χ3v) is 14.4. The maximum atomic E-state index is 13.4. The molecule has 1 aliphatic heterocycles. The van der Waals surface area contributed by atoms with E-state index in [-0.39, 0.29) is 31.6 Å². The van der Waals surface area contributed by atoms with Crippen molar-refractivity contribution in [3.05, 3.63) is 47.0 Å². The fourth-order valence-electron chi connectivity index (χ4n) is 6.92. The minimum atomic E-state index is -2.19. The molecule has 1 saturated heterocycles. The highest BCUT2D eigenvalue weighted by molar-refractivity contribution is 6.77. The van der Waals surface area contributed by atoms with Gasteiger partial charge in [0.25, 0.3) is 0 Å². The Hall–Kier alpha value is -1.80. The molecule has 2 aliphatic rings. The van der Waals surface area contributed by atoms with Gasteiger partial charge in [-0.3, -0.25) is 14.5 Å². The summed E-state index contributed by atoms with van der Waals surface area (Å²) in [7, 11) is -2.19. The van der Waals surface area contributed by atoms with E-state index in [4.69, 9.17) is 4.43 Å². The lowest BCUT2D eigenvalue weighted by molar-refractivity contribution is -0.141. The minimum absolute atomic E-state index is 0.150. The van der Waals surface area contributed by atoms with Gasteiger partial charge in [0.2, 0.25) is 11.8 Å². The fourth-order valence-corrected chi connectivity index (χ4v) is 12.4.